The predicted molar refractivity (Wildman–Crippen MR) is 75.4 cm³/mol. The van der Waals surface area contributed by atoms with Crippen LogP contribution in [0.15, 0.2) is 42.5 Å². The molecule has 0 aliphatic carbocycles. The van der Waals surface area contributed by atoms with Crippen LogP contribution >= 0.6 is 11.6 Å². The Morgan fingerprint density at radius 2 is 1.68 bits per heavy atom. The fourth-order valence-corrected chi connectivity index (χ4v) is 1.94. The summed E-state index contributed by atoms with van der Waals surface area (Å²) in [5.41, 5.74) is 2.78. The molecule has 0 unspecified atom stereocenters. The topological polar surface area (TPSA) is 50.8 Å². The van der Waals surface area contributed by atoms with Crippen LogP contribution in [0.3, 0.4) is 0 Å². The monoisotopic (exact) mass is 267 g/mol. The normalized spacial score (nSPS) is 9.47. The molecular weight excluding hydrogens is 258 g/mol. The van der Waals surface area contributed by atoms with Crippen molar-refractivity contribution in [3.63, 3.8) is 0 Å². The second-order valence-electron chi connectivity index (χ2n) is 3.99. The third kappa shape index (κ3) is 2.68. The maximum Gasteiger partial charge on any atom is 0.101 e. The number of rotatable bonds is 2. The Morgan fingerprint density at radius 3 is 2.26 bits per heavy atom. The molecule has 0 aliphatic heterocycles. The van der Waals surface area contributed by atoms with Crippen molar-refractivity contribution in [3.8, 4) is 12.1 Å². The molecule has 0 bridgehead atoms. The van der Waals surface area contributed by atoms with Crippen LogP contribution in [0.5, 0.6) is 0 Å². The zero-order chi connectivity index (χ0) is 13.8. The molecule has 2 aromatic rings. The Balaban J connectivity index is 2.44. The van der Waals surface area contributed by atoms with E-state index < -0.39 is 0 Å². The van der Waals surface area contributed by atoms with Crippen molar-refractivity contribution in [1.29, 1.82) is 10.5 Å². The van der Waals surface area contributed by atoms with E-state index >= 15 is 0 Å². The summed E-state index contributed by atoms with van der Waals surface area (Å²) in [6.07, 6.45) is 0. The van der Waals surface area contributed by atoms with Gasteiger partial charge in [-0.15, -0.1) is 0 Å². The molecule has 0 atom stereocenters. The molecule has 19 heavy (non-hydrogen) atoms. The van der Waals surface area contributed by atoms with Gasteiger partial charge in [0.05, 0.1) is 22.9 Å². The van der Waals surface area contributed by atoms with E-state index in [1.54, 1.807) is 30.3 Å². The van der Waals surface area contributed by atoms with Gasteiger partial charge >= 0.3 is 0 Å². The second-order valence-corrected chi connectivity index (χ2v) is 4.43. The molecular formula is C15H10ClN3. The van der Waals surface area contributed by atoms with Crippen LogP contribution in [0, 0.1) is 22.7 Å². The average molecular weight is 268 g/mol. The van der Waals surface area contributed by atoms with Crippen molar-refractivity contribution in [1.82, 2.24) is 0 Å². The Labute approximate surface area is 116 Å². The molecule has 0 fully saturated rings. The third-order valence-corrected chi connectivity index (χ3v) is 3.06. The fourth-order valence-electron chi connectivity index (χ4n) is 1.78. The van der Waals surface area contributed by atoms with E-state index in [1.807, 2.05) is 24.1 Å². The van der Waals surface area contributed by atoms with E-state index in [4.69, 9.17) is 22.1 Å². The number of anilines is 2. The van der Waals surface area contributed by atoms with Crippen molar-refractivity contribution >= 4 is 23.0 Å². The van der Waals surface area contributed by atoms with Gasteiger partial charge in [-0.05, 0) is 42.5 Å². The largest absolute Gasteiger partial charge is 0.344 e. The summed E-state index contributed by atoms with van der Waals surface area (Å²) < 4.78 is 0. The van der Waals surface area contributed by atoms with Crippen molar-refractivity contribution in [3.05, 3.63) is 58.6 Å². The van der Waals surface area contributed by atoms with E-state index in [1.165, 1.54) is 0 Å². The van der Waals surface area contributed by atoms with Crippen LogP contribution in [0.25, 0.3) is 0 Å². The lowest BCUT2D eigenvalue weighted by Crippen LogP contribution is -2.11. The molecule has 0 amide bonds. The molecule has 2 rings (SSSR count). The fraction of sp³-hybridized carbons (Fsp3) is 0.0667. The first kappa shape index (κ1) is 13.0. The number of halogens is 1. The summed E-state index contributed by atoms with van der Waals surface area (Å²) in [6.45, 7) is 0. The van der Waals surface area contributed by atoms with Gasteiger partial charge in [-0.3, -0.25) is 0 Å². The van der Waals surface area contributed by atoms with Crippen LogP contribution < -0.4 is 4.90 Å². The highest BCUT2D eigenvalue weighted by molar-refractivity contribution is 6.30. The second kappa shape index (κ2) is 5.44. The average Bonchev–Trinajstić information content (AvgIpc) is 2.46. The lowest BCUT2D eigenvalue weighted by Gasteiger charge is -2.21. The highest BCUT2D eigenvalue weighted by Gasteiger charge is 2.10. The van der Waals surface area contributed by atoms with Gasteiger partial charge in [0.15, 0.2) is 0 Å². The van der Waals surface area contributed by atoms with E-state index in [9.17, 15) is 0 Å². The molecule has 0 aliphatic rings. The first-order valence-electron chi connectivity index (χ1n) is 5.59. The van der Waals surface area contributed by atoms with Gasteiger partial charge in [-0.2, -0.15) is 10.5 Å². The van der Waals surface area contributed by atoms with Gasteiger partial charge in [0, 0.05) is 17.8 Å². The molecule has 4 heteroatoms. The van der Waals surface area contributed by atoms with Crippen LogP contribution in [-0.4, -0.2) is 7.05 Å². The minimum Gasteiger partial charge on any atom is -0.344 e. The molecule has 0 saturated carbocycles. The number of nitrogens with zero attached hydrogens (tertiary/aromatic N) is 3. The molecule has 92 valence electrons. The van der Waals surface area contributed by atoms with Crippen LogP contribution in [0.4, 0.5) is 11.4 Å². The summed E-state index contributed by atoms with van der Waals surface area (Å²) in [7, 11) is 1.86. The van der Waals surface area contributed by atoms with Gasteiger partial charge in [0.25, 0.3) is 0 Å². The molecule has 3 nitrogen and oxygen atoms in total. The van der Waals surface area contributed by atoms with Crippen LogP contribution in [-0.2, 0) is 0 Å². The Kier molecular flexibility index (Phi) is 3.71. The quantitative estimate of drug-likeness (QED) is 0.830. The number of hydrogen-bond donors (Lipinski definition) is 0. The summed E-state index contributed by atoms with van der Waals surface area (Å²) in [5.74, 6) is 0. The zero-order valence-electron chi connectivity index (χ0n) is 10.3. The first-order valence-corrected chi connectivity index (χ1v) is 5.97. The number of benzene rings is 2. The van der Waals surface area contributed by atoms with Crippen molar-refractivity contribution < 1.29 is 0 Å². The first-order chi connectivity index (χ1) is 9.15. The minimum atomic E-state index is 0.552. The number of hydrogen-bond acceptors (Lipinski definition) is 3. The molecule has 0 spiro atoms. The van der Waals surface area contributed by atoms with E-state index in [0.29, 0.717) is 16.1 Å². The highest BCUT2D eigenvalue weighted by atomic mass is 35.5. The van der Waals surface area contributed by atoms with E-state index in [2.05, 4.69) is 12.1 Å². The third-order valence-electron chi connectivity index (χ3n) is 2.83. The summed E-state index contributed by atoms with van der Waals surface area (Å²) in [6, 6.07) is 16.5. The summed E-state index contributed by atoms with van der Waals surface area (Å²) in [4.78, 5) is 1.87. The Morgan fingerprint density at radius 1 is 1.00 bits per heavy atom. The van der Waals surface area contributed by atoms with Crippen molar-refractivity contribution in [2.75, 3.05) is 11.9 Å². The van der Waals surface area contributed by atoms with Gasteiger partial charge < -0.3 is 4.90 Å². The minimum absolute atomic E-state index is 0.552. The molecule has 0 heterocycles. The van der Waals surface area contributed by atoms with Gasteiger partial charge in [0.1, 0.15) is 6.07 Å². The Bertz CT molecular complexity index is 678. The Hall–Kier alpha value is -2.49. The standard InChI is InChI=1S/C15H10ClN3/c1-19(14-6-2-11(9-17)3-7-14)15-8-13(16)5-4-12(15)10-18/h2-8H,1H3. The molecule has 2 aromatic carbocycles. The molecule has 0 radical (unpaired) electrons. The molecule has 0 aromatic heterocycles. The SMILES string of the molecule is CN(c1ccc(C#N)cc1)c1cc(Cl)ccc1C#N. The summed E-state index contributed by atoms with van der Waals surface area (Å²) in [5, 5.41) is 18.5. The predicted octanol–water partition coefficient (Wildman–Crippen LogP) is 3.85. The van der Waals surface area contributed by atoms with Gasteiger partial charge in [0.2, 0.25) is 0 Å². The van der Waals surface area contributed by atoms with Gasteiger partial charge in [-0.1, -0.05) is 11.6 Å². The lowest BCUT2D eigenvalue weighted by atomic mass is 10.1. The van der Waals surface area contributed by atoms with E-state index in [0.717, 1.165) is 11.4 Å². The van der Waals surface area contributed by atoms with Gasteiger partial charge in [-0.25, -0.2) is 0 Å². The summed E-state index contributed by atoms with van der Waals surface area (Å²) >= 11 is 5.97. The lowest BCUT2D eigenvalue weighted by molar-refractivity contribution is 1.20. The van der Waals surface area contributed by atoms with Crippen molar-refractivity contribution in [2.45, 2.75) is 0 Å². The van der Waals surface area contributed by atoms with Crippen LogP contribution in [0.2, 0.25) is 5.02 Å². The number of nitriles is 2. The molecule has 0 N–H and O–H groups in total. The maximum absolute atomic E-state index is 9.12. The highest BCUT2D eigenvalue weighted by Crippen LogP contribution is 2.29. The molecule has 0 saturated heterocycles. The smallest absolute Gasteiger partial charge is 0.101 e. The maximum atomic E-state index is 9.12. The van der Waals surface area contributed by atoms with E-state index in [-0.39, 0.29) is 0 Å². The van der Waals surface area contributed by atoms with Crippen LogP contribution in [0.1, 0.15) is 11.1 Å². The zero-order valence-corrected chi connectivity index (χ0v) is 11.0. The van der Waals surface area contributed by atoms with Crippen molar-refractivity contribution in [2.24, 2.45) is 0 Å².